The van der Waals surface area contributed by atoms with Gasteiger partial charge in [0, 0.05) is 23.6 Å². The standard InChI is InChI=1S/C15H20BrNO2/c1-2-14(12-5-3-4-6-13(12)16)17-15(18)11-7-9-19-10-8-11/h3-6,11,14H,2,7-10H2,1H3,(H,17,18). The molecule has 1 aliphatic rings. The van der Waals surface area contributed by atoms with Crippen molar-refractivity contribution in [1.29, 1.82) is 0 Å². The third kappa shape index (κ3) is 3.80. The second-order valence-electron chi connectivity index (χ2n) is 4.88. The van der Waals surface area contributed by atoms with E-state index in [1.165, 1.54) is 0 Å². The van der Waals surface area contributed by atoms with Crippen molar-refractivity contribution in [3.05, 3.63) is 34.3 Å². The molecule has 19 heavy (non-hydrogen) atoms. The molecule has 0 aliphatic carbocycles. The van der Waals surface area contributed by atoms with Crippen LogP contribution in [0.1, 0.15) is 37.8 Å². The van der Waals surface area contributed by atoms with E-state index in [1.807, 2.05) is 18.2 Å². The summed E-state index contributed by atoms with van der Waals surface area (Å²) >= 11 is 3.55. The summed E-state index contributed by atoms with van der Waals surface area (Å²) < 4.78 is 6.35. The minimum absolute atomic E-state index is 0.0749. The lowest BCUT2D eigenvalue weighted by Crippen LogP contribution is -2.36. The van der Waals surface area contributed by atoms with Gasteiger partial charge in [-0.15, -0.1) is 0 Å². The number of nitrogens with one attached hydrogen (secondary N) is 1. The summed E-state index contributed by atoms with van der Waals surface area (Å²) in [4.78, 5) is 12.3. The average molecular weight is 326 g/mol. The van der Waals surface area contributed by atoms with E-state index in [-0.39, 0.29) is 17.9 Å². The number of hydrogen-bond donors (Lipinski definition) is 1. The molecule has 2 rings (SSSR count). The summed E-state index contributed by atoms with van der Waals surface area (Å²) in [5.41, 5.74) is 1.14. The molecule has 1 aliphatic heterocycles. The van der Waals surface area contributed by atoms with Gasteiger partial charge in [0.15, 0.2) is 0 Å². The van der Waals surface area contributed by atoms with Crippen molar-refractivity contribution in [2.24, 2.45) is 5.92 Å². The number of halogens is 1. The first-order chi connectivity index (χ1) is 9.22. The molecule has 1 atom stereocenters. The molecule has 1 aromatic carbocycles. The Morgan fingerprint density at radius 2 is 2.11 bits per heavy atom. The third-order valence-electron chi connectivity index (χ3n) is 3.60. The lowest BCUT2D eigenvalue weighted by atomic mass is 9.97. The van der Waals surface area contributed by atoms with E-state index >= 15 is 0 Å². The van der Waals surface area contributed by atoms with Crippen molar-refractivity contribution in [2.45, 2.75) is 32.2 Å². The van der Waals surface area contributed by atoms with Crippen LogP contribution in [0.4, 0.5) is 0 Å². The Bertz CT molecular complexity index is 430. The lowest BCUT2D eigenvalue weighted by molar-refractivity contribution is -0.128. The first-order valence-corrected chi connectivity index (χ1v) is 7.64. The molecule has 104 valence electrons. The van der Waals surface area contributed by atoms with Crippen LogP contribution in [0, 0.1) is 5.92 Å². The smallest absolute Gasteiger partial charge is 0.223 e. The highest BCUT2D eigenvalue weighted by molar-refractivity contribution is 9.10. The Balaban J connectivity index is 2.02. The van der Waals surface area contributed by atoms with Gasteiger partial charge in [0.25, 0.3) is 0 Å². The van der Waals surface area contributed by atoms with Crippen LogP contribution in [-0.2, 0) is 9.53 Å². The molecule has 1 heterocycles. The predicted octanol–water partition coefficient (Wildman–Crippen LogP) is 3.44. The fraction of sp³-hybridized carbons (Fsp3) is 0.533. The number of carbonyl (C=O) groups is 1. The van der Waals surface area contributed by atoms with Gasteiger partial charge >= 0.3 is 0 Å². The molecular weight excluding hydrogens is 306 g/mol. The Kier molecular flexibility index (Phi) is 5.40. The molecule has 0 saturated carbocycles. The molecule has 1 unspecified atom stereocenters. The summed E-state index contributed by atoms with van der Waals surface area (Å²) in [5.74, 6) is 0.260. The van der Waals surface area contributed by atoms with Crippen LogP contribution in [0.5, 0.6) is 0 Å². The van der Waals surface area contributed by atoms with Crippen LogP contribution in [0.3, 0.4) is 0 Å². The minimum atomic E-state index is 0.0749. The summed E-state index contributed by atoms with van der Waals surface area (Å²) in [7, 11) is 0. The van der Waals surface area contributed by atoms with E-state index in [2.05, 4.69) is 34.2 Å². The molecule has 1 N–H and O–H groups in total. The zero-order valence-corrected chi connectivity index (χ0v) is 12.8. The number of rotatable bonds is 4. The van der Waals surface area contributed by atoms with Crippen molar-refractivity contribution in [1.82, 2.24) is 5.32 Å². The second kappa shape index (κ2) is 7.06. The zero-order chi connectivity index (χ0) is 13.7. The maximum Gasteiger partial charge on any atom is 0.223 e. The van der Waals surface area contributed by atoms with Crippen LogP contribution in [-0.4, -0.2) is 19.1 Å². The second-order valence-corrected chi connectivity index (χ2v) is 5.73. The van der Waals surface area contributed by atoms with E-state index < -0.39 is 0 Å². The van der Waals surface area contributed by atoms with Crippen molar-refractivity contribution >= 4 is 21.8 Å². The topological polar surface area (TPSA) is 38.3 Å². The Labute approximate surface area is 122 Å². The number of carbonyl (C=O) groups excluding carboxylic acids is 1. The molecule has 1 aromatic rings. The molecule has 3 nitrogen and oxygen atoms in total. The fourth-order valence-corrected chi connectivity index (χ4v) is 2.97. The highest BCUT2D eigenvalue weighted by Gasteiger charge is 2.24. The number of hydrogen-bond acceptors (Lipinski definition) is 2. The van der Waals surface area contributed by atoms with Gasteiger partial charge in [-0.25, -0.2) is 0 Å². The minimum Gasteiger partial charge on any atom is -0.381 e. The SMILES string of the molecule is CCC(NC(=O)C1CCOCC1)c1ccccc1Br. The fourth-order valence-electron chi connectivity index (χ4n) is 2.41. The van der Waals surface area contributed by atoms with Gasteiger partial charge in [-0.3, -0.25) is 4.79 Å². The van der Waals surface area contributed by atoms with Crippen LogP contribution >= 0.6 is 15.9 Å². The largest absolute Gasteiger partial charge is 0.381 e. The molecule has 4 heteroatoms. The first-order valence-electron chi connectivity index (χ1n) is 6.85. The Morgan fingerprint density at radius 3 is 2.74 bits per heavy atom. The van der Waals surface area contributed by atoms with Gasteiger partial charge in [0.2, 0.25) is 5.91 Å². The van der Waals surface area contributed by atoms with Crippen LogP contribution in [0.15, 0.2) is 28.7 Å². The van der Waals surface area contributed by atoms with E-state index in [1.54, 1.807) is 0 Å². The van der Waals surface area contributed by atoms with Gasteiger partial charge < -0.3 is 10.1 Å². The molecule has 1 saturated heterocycles. The summed E-state index contributed by atoms with van der Waals surface area (Å²) in [5, 5.41) is 3.17. The Morgan fingerprint density at radius 1 is 1.42 bits per heavy atom. The van der Waals surface area contributed by atoms with Gasteiger partial charge in [0.1, 0.15) is 0 Å². The maximum atomic E-state index is 12.3. The van der Waals surface area contributed by atoms with Crippen LogP contribution in [0.2, 0.25) is 0 Å². The monoisotopic (exact) mass is 325 g/mol. The van der Waals surface area contributed by atoms with Gasteiger partial charge in [-0.05, 0) is 30.9 Å². The number of amides is 1. The molecule has 0 aromatic heterocycles. The van der Waals surface area contributed by atoms with Crippen molar-refractivity contribution in [3.63, 3.8) is 0 Å². The van der Waals surface area contributed by atoms with E-state index in [4.69, 9.17) is 4.74 Å². The summed E-state index contributed by atoms with van der Waals surface area (Å²) in [6, 6.07) is 8.14. The normalized spacial score (nSPS) is 18.0. The molecule has 1 fully saturated rings. The third-order valence-corrected chi connectivity index (χ3v) is 4.32. The van der Waals surface area contributed by atoms with Crippen LogP contribution in [0.25, 0.3) is 0 Å². The van der Waals surface area contributed by atoms with E-state index in [9.17, 15) is 4.79 Å². The van der Waals surface area contributed by atoms with Gasteiger partial charge in [-0.1, -0.05) is 41.1 Å². The van der Waals surface area contributed by atoms with Crippen LogP contribution < -0.4 is 5.32 Å². The van der Waals surface area contributed by atoms with Gasteiger partial charge in [0.05, 0.1) is 6.04 Å². The lowest BCUT2D eigenvalue weighted by Gasteiger charge is -2.25. The van der Waals surface area contributed by atoms with E-state index in [0.29, 0.717) is 13.2 Å². The molecule has 1 amide bonds. The zero-order valence-electron chi connectivity index (χ0n) is 11.2. The molecule has 0 radical (unpaired) electrons. The quantitative estimate of drug-likeness (QED) is 0.920. The summed E-state index contributed by atoms with van der Waals surface area (Å²) in [6.45, 7) is 3.49. The van der Waals surface area contributed by atoms with E-state index in [0.717, 1.165) is 29.3 Å². The maximum absolute atomic E-state index is 12.3. The van der Waals surface area contributed by atoms with Crippen molar-refractivity contribution in [2.75, 3.05) is 13.2 Å². The molecule has 0 spiro atoms. The highest BCUT2D eigenvalue weighted by Crippen LogP contribution is 2.26. The van der Waals surface area contributed by atoms with Gasteiger partial charge in [-0.2, -0.15) is 0 Å². The van der Waals surface area contributed by atoms with Crippen molar-refractivity contribution in [3.8, 4) is 0 Å². The van der Waals surface area contributed by atoms with Crippen molar-refractivity contribution < 1.29 is 9.53 Å². The highest BCUT2D eigenvalue weighted by atomic mass is 79.9. The number of benzene rings is 1. The predicted molar refractivity (Wildman–Crippen MR) is 78.9 cm³/mol. The average Bonchev–Trinajstić information content (AvgIpc) is 2.46. The Hall–Kier alpha value is -0.870. The first kappa shape index (κ1) is 14.5. The molecule has 0 bridgehead atoms. The number of ether oxygens (including phenoxy) is 1. The summed E-state index contributed by atoms with van der Waals surface area (Å²) in [6.07, 6.45) is 2.55. The molecular formula is C15H20BrNO2.